The van der Waals surface area contributed by atoms with Gasteiger partial charge in [-0.25, -0.2) is 4.98 Å². The largest absolute Gasteiger partial charge is 0.354 e. The fourth-order valence-electron chi connectivity index (χ4n) is 3.05. The molecule has 1 saturated heterocycles. The van der Waals surface area contributed by atoms with Crippen molar-refractivity contribution in [3.63, 3.8) is 0 Å². The third-order valence-electron chi connectivity index (χ3n) is 4.31. The summed E-state index contributed by atoms with van der Waals surface area (Å²) in [6.45, 7) is 3.42. The number of hydrogen-bond donors (Lipinski definition) is 1. The fourth-order valence-corrected chi connectivity index (χ4v) is 3.75. The van der Waals surface area contributed by atoms with Gasteiger partial charge in [0.2, 0.25) is 5.91 Å². The Hall–Kier alpha value is -2.74. The second-order valence-electron chi connectivity index (χ2n) is 6.31. The van der Waals surface area contributed by atoms with Crippen molar-refractivity contribution in [2.75, 3.05) is 18.0 Å². The van der Waals surface area contributed by atoms with E-state index in [1.54, 1.807) is 24.5 Å². The molecule has 0 unspecified atom stereocenters. The summed E-state index contributed by atoms with van der Waals surface area (Å²) in [5, 5.41) is 8.91. The lowest BCUT2D eigenvalue weighted by atomic mass is 10.2. The van der Waals surface area contributed by atoms with Crippen LogP contribution in [0.3, 0.4) is 0 Å². The summed E-state index contributed by atoms with van der Waals surface area (Å²) in [5.41, 5.74) is 0.800. The first-order chi connectivity index (χ1) is 12.7. The highest BCUT2D eigenvalue weighted by atomic mass is 32.1. The maximum absolute atomic E-state index is 12.2. The smallest absolute Gasteiger partial charge is 0.259 e. The zero-order valence-electron chi connectivity index (χ0n) is 14.4. The molecule has 3 aromatic rings. The molecule has 0 aliphatic carbocycles. The molecule has 0 spiro atoms. The highest BCUT2D eigenvalue weighted by Crippen LogP contribution is 2.22. The molecule has 8 heteroatoms. The van der Waals surface area contributed by atoms with E-state index in [0.717, 1.165) is 35.8 Å². The van der Waals surface area contributed by atoms with E-state index in [4.69, 9.17) is 4.52 Å². The Morgan fingerprint density at radius 2 is 2.35 bits per heavy atom. The summed E-state index contributed by atoms with van der Waals surface area (Å²) in [5.74, 6) is 2.04. The van der Waals surface area contributed by atoms with Crippen LogP contribution in [0.5, 0.6) is 0 Å². The van der Waals surface area contributed by atoms with Gasteiger partial charge in [-0.1, -0.05) is 11.2 Å². The standard InChI is InChI=1S/C18H19N5O2S/c1-12-20-18(25-22-12)13-4-5-16(19-10-13)23-7-6-14(11-23)21-17(24)9-15-3-2-8-26-15/h2-5,8,10,14H,6-7,9,11H2,1H3,(H,21,24)/t14-/m0/s1. The molecule has 4 rings (SSSR count). The van der Waals surface area contributed by atoms with Crippen LogP contribution in [0.25, 0.3) is 11.5 Å². The number of hydrogen-bond acceptors (Lipinski definition) is 7. The third kappa shape index (κ3) is 3.75. The van der Waals surface area contributed by atoms with Gasteiger partial charge < -0.3 is 14.7 Å². The number of nitrogens with zero attached hydrogens (tertiary/aromatic N) is 4. The van der Waals surface area contributed by atoms with Gasteiger partial charge in [0.25, 0.3) is 5.89 Å². The van der Waals surface area contributed by atoms with E-state index < -0.39 is 0 Å². The lowest BCUT2D eigenvalue weighted by Gasteiger charge is -2.18. The Morgan fingerprint density at radius 3 is 3.04 bits per heavy atom. The van der Waals surface area contributed by atoms with Gasteiger partial charge in [0, 0.05) is 30.2 Å². The molecular weight excluding hydrogens is 350 g/mol. The number of carbonyl (C=O) groups is 1. The predicted molar refractivity (Wildman–Crippen MR) is 99.0 cm³/mol. The van der Waals surface area contributed by atoms with E-state index in [2.05, 4.69) is 25.3 Å². The van der Waals surface area contributed by atoms with Crippen molar-refractivity contribution in [1.29, 1.82) is 0 Å². The second-order valence-corrected chi connectivity index (χ2v) is 7.34. The van der Waals surface area contributed by atoms with E-state index in [0.29, 0.717) is 18.1 Å². The number of nitrogens with one attached hydrogen (secondary N) is 1. The van der Waals surface area contributed by atoms with E-state index in [9.17, 15) is 4.79 Å². The average molecular weight is 369 g/mol. The van der Waals surface area contributed by atoms with Gasteiger partial charge in [-0.2, -0.15) is 4.98 Å². The molecule has 1 aliphatic rings. The van der Waals surface area contributed by atoms with Gasteiger partial charge in [0.05, 0.1) is 12.0 Å². The summed E-state index contributed by atoms with van der Waals surface area (Å²) in [7, 11) is 0. The van der Waals surface area contributed by atoms with Gasteiger partial charge in [0.15, 0.2) is 5.82 Å². The minimum absolute atomic E-state index is 0.0781. The molecular formula is C18H19N5O2S. The SMILES string of the molecule is Cc1noc(-c2ccc(N3CC[C@H](NC(=O)Cc4cccs4)C3)nc2)n1. The zero-order valence-corrected chi connectivity index (χ0v) is 15.2. The summed E-state index contributed by atoms with van der Waals surface area (Å²) < 4.78 is 5.16. The topological polar surface area (TPSA) is 84.2 Å². The second kappa shape index (κ2) is 7.25. The molecule has 1 fully saturated rings. The molecule has 3 aromatic heterocycles. The van der Waals surface area contributed by atoms with Crippen LogP contribution in [0.15, 0.2) is 40.4 Å². The molecule has 7 nitrogen and oxygen atoms in total. The van der Waals surface area contributed by atoms with Crippen LogP contribution < -0.4 is 10.2 Å². The van der Waals surface area contributed by atoms with Crippen molar-refractivity contribution in [3.8, 4) is 11.5 Å². The van der Waals surface area contributed by atoms with Gasteiger partial charge in [-0.15, -0.1) is 11.3 Å². The van der Waals surface area contributed by atoms with Crippen molar-refractivity contribution >= 4 is 23.1 Å². The molecule has 1 atom stereocenters. The van der Waals surface area contributed by atoms with E-state index in [-0.39, 0.29) is 11.9 Å². The minimum Gasteiger partial charge on any atom is -0.354 e. The van der Waals surface area contributed by atoms with Crippen molar-refractivity contribution < 1.29 is 9.32 Å². The van der Waals surface area contributed by atoms with E-state index in [1.165, 1.54) is 0 Å². The van der Waals surface area contributed by atoms with Gasteiger partial charge in [-0.3, -0.25) is 4.79 Å². The van der Waals surface area contributed by atoms with Crippen LogP contribution in [-0.2, 0) is 11.2 Å². The van der Waals surface area contributed by atoms with Crippen LogP contribution in [-0.4, -0.2) is 40.2 Å². The first kappa shape index (κ1) is 16.7. The lowest BCUT2D eigenvalue weighted by molar-refractivity contribution is -0.120. The Labute approximate surface area is 155 Å². The fraction of sp³-hybridized carbons (Fsp3) is 0.333. The summed E-state index contributed by atoms with van der Waals surface area (Å²) in [6, 6.07) is 7.99. The van der Waals surface area contributed by atoms with Gasteiger partial charge in [0.1, 0.15) is 5.82 Å². The molecule has 1 aliphatic heterocycles. The molecule has 0 saturated carbocycles. The third-order valence-corrected chi connectivity index (χ3v) is 5.19. The normalized spacial score (nSPS) is 16.8. The first-order valence-electron chi connectivity index (χ1n) is 8.51. The summed E-state index contributed by atoms with van der Waals surface area (Å²) >= 11 is 1.61. The number of amides is 1. The summed E-state index contributed by atoms with van der Waals surface area (Å²) in [6.07, 6.45) is 3.11. The average Bonchev–Trinajstić information content (AvgIpc) is 3.38. The number of anilines is 1. The number of pyridine rings is 1. The van der Waals surface area contributed by atoms with Crippen molar-refractivity contribution in [2.45, 2.75) is 25.8 Å². The minimum atomic E-state index is 0.0781. The molecule has 1 amide bonds. The number of rotatable bonds is 5. The van der Waals surface area contributed by atoms with Crippen LogP contribution in [0.4, 0.5) is 5.82 Å². The molecule has 0 radical (unpaired) electrons. The molecule has 134 valence electrons. The Balaban J connectivity index is 1.34. The van der Waals surface area contributed by atoms with Crippen LogP contribution in [0, 0.1) is 6.92 Å². The molecule has 0 bridgehead atoms. The zero-order chi connectivity index (χ0) is 17.9. The highest BCUT2D eigenvalue weighted by Gasteiger charge is 2.25. The lowest BCUT2D eigenvalue weighted by Crippen LogP contribution is -2.37. The first-order valence-corrected chi connectivity index (χ1v) is 9.39. The maximum atomic E-state index is 12.2. The molecule has 4 heterocycles. The van der Waals surface area contributed by atoms with Crippen LogP contribution in [0.1, 0.15) is 17.1 Å². The number of carbonyl (C=O) groups excluding carboxylic acids is 1. The Kier molecular flexibility index (Phi) is 4.66. The van der Waals surface area contributed by atoms with Crippen molar-refractivity contribution in [1.82, 2.24) is 20.4 Å². The van der Waals surface area contributed by atoms with E-state index >= 15 is 0 Å². The molecule has 1 N–H and O–H groups in total. The molecule has 26 heavy (non-hydrogen) atoms. The van der Waals surface area contributed by atoms with Crippen LogP contribution in [0.2, 0.25) is 0 Å². The van der Waals surface area contributed by atoms with Crippen molar-refractivity contribution in [3.05, 3.63) is 46.5 Å². The Morgan fingerprint density at radius 1 is 1.42 bits per heavy atom. The van der Waals surface area contributed by atoms with Crippen molar-refractivity contribution in [2.24, 2.45) is 0 Å². The molecule has 0 aromatic carbocycles. The van der Waals surface area contributed by atoms with Crippen LogP contribution >= 0.6 is 11.3 Å². The van der Waals surface area contributed by atoms with Gasteiger partial charge >= 0.3 is 0 Å². The monoisotopic (exact) mass is 369 g/mol. The number of aryl methyl sites for hydroxylation is 1. The number of aromatic nitrogens is 3. The maximum Gasteiger partial charge on any atom is 0.259 e. The Bertz CT molecular complexity index is 875. The number of thiophene rings is 1. The quantitative estimate of drug-likeness (QED) is 0.744. The van der Waals surface area contributed by atoms with E-state index in [1.807, 2.05) is 29.6 Å². The highest BCUT2D eigenvalue weighted by molar-refractivity contribution is 7.10. The van der Waals surface area contributed by atoms with Gasteiger partial charge in [-0.05, 0) is 36.9 Å². The predicted octanol–water partition coefficient (Wildman–Crippen LogP) is 2.44. The summed E-state index contributed by atoms with van der Waals surface area (Å²) in [4.78, 5) is 24.1.